The van der Waals surface area contributed by atoms with Gasteiger partial charge in [0.15, 0.2) is 0 Å². The van der Waals surface area contributed by atoms with Crippen molar-refractivity contribution in [2.75, 3.05) is 20.3 Å². The van der Waals surface area contributed by atoms with Gasteiger partial charge in [-0.1, -0.05) is 84.1 Å². The monoisotopic (exact) mass is 372 g/mol. The maximum atomic E-state index is 5.64. The molecule has 2 heteroatoms. The molecule has 0 spiro atoms. The van der Waals surface area contributed by atoms with Crippen LogP contribution in [0, 0.1) is 0 Å². The standard InChI is InChI=1S/C17H20O2.C6H14.C2H6/c1-18-9-10-19-17-8-7-15-11-14(13-3-2-4-13)5-6-16(15)12-17;1-3-5-6-4-2;1-2/h5-8,11-13H,2-4,9-10H2,1H3;3-6H2,1-2H3;1-2H3. The van der Waals surface area contributed by atoms with E-state index in [4.69, 9.17) is 9.47 Å². The maximum Gasteiger partial charge on any atom is 0.120 e. The molecule has 27 heavy (non-hydrogen) atoms. The van der Waals surface area contributed by atoms with Gasteiger partial charge in [0.05, 0.1) is 6.61 Å². The fourth-order valence-corrected chi connectivity index (χ4v) is 3.07. The summed E-state index contributed by atoms with van der Waals surface area (Å²) in [6.07, 6.45) is 9.62. The molecule has 0 aliphatic heterocycles. The molecule has 0 bridgehead atoms. The van der Waals surface area contributed by atoms with Crippen LogP contribution in [0.5, 0.6) is 5.75 Å². The topological polar surface area (TPSA) is 18.5 Å². The van der Waals surface area contributed by atoms with Crippen LogP contribution in [-0.4, -0.2) is 20.3 Å². The van der Waals surface area contributed by atoms with Crippen molar-refractivity contribution < 1.29 is 9.47 Å². The SMILES string of the molecule is CC.CCCCCC.COCCOc1ccc2cc(C3CCC3)ccc2c1. The number of rotatable bonds is 8. The lowest BCUT2D eigenvalue weighted by atomic mass is 9.79. The second kappa shape index (κ2) is 14.5. The Balaban J connectivity index is 0.000000392. The molecule has 0 saturated heterocycles. The number of benzene rings is 2. The van der Waals surface area contributed by atoms with Crippen molar-refractivity contribution in [3.05, 3.63) is 42.0 Å². The van der Waals surface area contributed by atoms with E-state index in [1.165, 1.54) is 61.3 Å². The zero-order valence-corrected chi connectivity index (χ0v) is 18.2. The van der Waals surface area contributed by atoms with Crippen LogP contribution in [0.4, 0.5) is 0 Å². The summed E-state index contributed by atoms with van der Waals surface area (Å²) in [5.74, 6) is 1.71. The van der Waals surface area contributed by atoms with Gasteiger partial charge in [0.25, 0.3) is 0 Å². The first-order chi connectivity index (χ1) is 13.3. The van der Waals surface area contributed by atoms with Gasteiger partial charge in [-0.3, -0.25) is 0 Å². The van der Waals surface area contributed by atoms with Crippen molar-refractivity contribution in [3.63, 3.8) is 0 Å². The second-order valence-electron chi connectivity index (χ2n) is 6.94. The summed E-state index contributed by atoms with van der Waals surface area (Å²) >= 11 is 0. The summed E-state index contributed by atoms with van der Waals surface area (Å²) in [6, 6.07) is 13.1. The molecule has 152 valence electrons. The Labute approximate surface area is 167 Å². The molecular weight excluding hydrogens is 332 g/mol. The minimum Gasteiger partial charge on any atom is -0.491 e. The van der Waals surface area contributed by atoms with E-state index >= 15 is 0 Å². The molecule has 0 heterocycles. The highest BCUT2D eigenvalue weighted by Crippen LogP contribution is 2.37. The first-order valence-electron chi connectivity index (χ1n) is 10.9. The molecule has 1 fully saturated rings. The maximum absolute atomic E-state index is 5.64. The van der Waals surface area contributed by atoms with Gasteiger partial charge in [-0.2, -0.15) is 0 Å². The predicted molar refractivity (Wildman–Crippen MR) is 119 cm³/mol. The first-order valence-corrected chi connectivity index (χ1v) is 10.9. The predicted octanol–water partition coefficient (Wildman–Crippen LogP) is 7.75. The van der Waals surface area contributed by atoms with Gasteiger partial charge in [-0.25, -0.2) is 0 Å². The number of ether oxygens (including phenoxy) is 2. The van der Waals surface area contributed by atoms with Gasteiger partial charge in [0.2, 0.25) is 0 Å². The molecule has 1 aliphatic carbocycles. The summed E-state index contributed by atoms with van der Waals surface area (Å²) in [6.45, 7) is 9.69. The Morgan fingerprint density at radius 2 is 1.48 bits per heavy atom. The van der Waals surface area contributed by atoms with Crippen molar-refractivity contribution in [3.8, 4) is 5.75 Å². The summed E-state index contributed by atoms with van der Waals surface area (Å²) in [5, 5.41) is 2.56. The van der Waals surface area contributed by atoms with E-state index in [0.29, 0.717) is 13.2 Å². The summed E-state index contributed by atoms with van der Waals surface area (Å²) in [5.41, 5.74) is 1.49. The van der Waals surface area contributed by atoms with Crippen LogP contribution in [0.15, 0.2) is 36.4 Å². The summed E-state index contributed by atoms with van der Waals surface area (Å²) < 4.78 is 10.6. The number of unbranched alkanes of at least 4 members (excludes halogenated alkanes) is 3. The molecule has 2 aromatic rings. The lowest BCUT2D eigenvalue weighted by Gasteiger charge is -2.26. The molecule has 2 aromatic carbocycles. The second-order valence-corrected chi connectivity index (χ2v) is 6.94. The average Bonchev–Trinajstić information content (AvgIpc) is 2.67. The van der Waals surface area contributed by atoms with Crippen LogP contribution in [-0.2, 0) is 4.74 Å². The minimum atomic E-state index is 0.599. The molecule has 1 aliphatic rings. The molecule has 0 aromatic heterocycles. The normalized spacial score (nSPS) is 13.1. The van der Waals surface area contributed by atoms with E-state index in [0.717, 1.165) is 11.7 Å². The lowest BCUT2D eigenvalue weighted by Crippen LogP contribution is -2.08. The Morgan fingerprint density at radius 3 is 2.04 bits per heavy atom. The molecule has 3 rings (SSSR count). The highest BCUT2D eigenvalue weighted by atomic mass is 16.5. The van der Waals surface area contributed by atoms with Crippen molar-refractivity contribution in [1.82, 2.24) is 0 Å². The minimum absolute atomic E-state index is 0.599. The van der Waals surface area contributed by atoms with Crippen LogP contribution in [0.1, 0.15) is 84.1 Å². The van der Waals surface area contributed by atoms with Gasteiger partial charge in [0, 0.05) is 7.11 Å². The molecule has 0 radical (unpaired) electrons. The molecule has 2 nitrogen and oxygen atoms in total. The van der Waals surface area contributed by atoms with Crippen molar-refractivity contribution in [2.24, 2.45) is 0 Å². The Hall–Kier alpha value is -1.54. The van der Waals surface area contributed by atoms with Crippen molar-refractivity contribution in [2.45, 2.75) is 78.6 Å². The van der Waals surface area contributed by atoms with Gasteiger partial charge >= 0.3 is 0 Å². The summed E-state index contributed by atoms with van der Waals surface area (Å²) in [4.78, 5) is 0. The summed E-state index contributed by atoms with van der Waals surface area (Å²) in [7, 11) is 1.69. The van der Waals surface area contributed by atoms with Crippen LogP contribution < -0.4 is 4.74 Å². The first kappa shape index (κ1) is 23.5. The molecular formula is C25H40O2. The van der Waals surface area contributed by atoms with Crippen LogP contribution in [0.25, 0.3) is 10.8 Å². The van der Waals surface area contributed by atoms with Gasteiger partial charge in [-0.15, -0.1) is 0 Å². The van der Waals surface area contributed by atoms with Crippen LogP contribution >= 0.6 is 0 Å². The molecule has 0 N–H and O–H groups in total. The fraction of sp³-hybridized carbons (Fsp3) is 0.600. The van der Waals surface area contributed by atoms with E-state index in [1.54, 1.807) is 7.11 Å². The molecule has 0 amide bonds. The van der Waals surface area contributed by atoms with Crippen LogP contribution in [0.3, 0.4) is 0 Å². The third kappa shape index (κ3) is 8.34. The molecule has 0 atom stereocenters. The van der Waals surface area contributed by atoms with Gasteiger partial charge < -0.3 is 9.47 Å². The van der Waals surface area contributed by atoms with E-state index in [-0.39, 0.29) is 0 Å². The fourth-order valence-electron chi connectivity index (χ4n) is 3.07. The average molecular weight is 373 g/mol. The number of fused-ring (bicyclic) bond motifs is 1. The molecule has 0 unspecified atom stereocenters. The third-order valence-corrected chi connectivity index (χ3v) is 4.93. The number of hydrogen-bond donors (Lipinski definition) is 0. The highest BCUT2D eigenvalue weighted by Gasteiger charge is 2.19. The quantitative estimate of drug-likeness (QED) is 0.441. The Morgan fingerprint density at radius 1 is 0.852 bits per heavy atom. The zero-order valence-electron chi connectivity index (χ0n) is 18.2. The number of hydrogen-bond acceptors (Lipinski definition) is 2. The van der Waals surface area contributed by atoms with E-state index in [9.17, 15) is 0 Å². The van der Waals surface area contributed by atoms with Crippen molar-refractivity contribution >= 4 is 10.8 Å². The van der Waals surface area contributed by atoms with Gasteiger partial charge in [-0.05, 0) is 47.2 Å². The Kier molecular flexibility index (Phi) is 12.6. The zero-order chi connectivity index (χ0) is 19.9. The largest absolute Gasteiger partial charge is 0.491 e. The van der Waals surface area contributed by atoms with E-state index in [1.807, 2.05) is 19.9 Å². The Bertz CT molecular complexity index is 613. The van der Waals surface area contributed by atoms with E-state index < -0.39 is 0 Å². The van der Waals surface area contributed by atoms with Gasteiger partial charge in [0.1, 0.15) is 12.4 Å². The number of methoxy groups -OCH3 is 1. The van der Waals surface area contributed by atoms with E-state index in [2.05, 4.69) is 44.2 Å². The highest BCUT2D eigenvalue weighted by molar-refractivity contribution is 5.84. The third-order valence-electron chi connectivity index (χ3n) is 4.93. The van der Waals surface area contributed by atoms with Crippen molar-refractivity contribution in [1.29, 1.82) is 0 Å². The molecule has 1 saturated carbocycles. The lowest BCUT2D eigenvalue weighted by molar-refractivity contribution is 0.146. The smallest absolute Gasteiger partial charge is 0.120 e. The van der Waals surface area contributed by atoms with Crippen LogP contribution in [0.2, 0.25) is 0 Å².